The average Bonchev–Trinajstić information content (AvgIpc) is 2.90. The van der Waals surface area contributed by atoms with Crippen molar-refractivity contribution in [2.24, 2.45) is 0 Å². The van der Waals surface area contributed by atoms with E-state index in [0.717, 1.165) is 10.7 Å². The first kappa shape index (κ1) is 17.1. The lowest BCUT2D eigenvalue weighted by Gasteiger charge is -2.09. The van der Waals surface area contributed by atoms with Gasteiger partial charge in [0.2, 0.25) is 0 Å². The third-order valence-electron chi connectivity index (χ3n) is 2.81. The number of sulfonamides is 1. The Hall–Kier alpha value is -1.26. The predicted molar refractivity (Wildman–Crippen MR) is 78.1 cm³/mol. The summed E-state index contributed by atoms with van der Waals surface area (Å²) in [6.07, 6.45) is 4.44. The van der Waals surface area contributed by atoms with E-state index in [1.807, 2.05) is 28.8 Å². The van der Waals surface area contributed by atoms with Crippen molar-refractivity contribution < 1.29 is 21.6 Å². The second kappa shape index (κ2) is 6.88. The van der Waals surface area contributed by atoms with Crippen LogP contribution in [0.5, 0.6) is 0 Å². The lowest BCUT2D eigenvalue weighted by Crippen LogP contribution is -2.36. The molecule has 0 aliphatic rings. The zero-order valence-electron chi connectivity index (χ0n) is 11.4. The third kappa shape index (κ3) is 4.14. The van der Waals surface area contributed by atoms with Crippen LogP contribution in [0.1, 0.15) is 12.8 Å². The molecule has 0 aliphatic carbocycles. The fraction of sp³-hybridized carbons (Fsp3) is 0.417. The minimum atomic E-state index is -5.25. The summed E-state index contributed by atoms with van der Waals surface area (Å²) in [7, 11) is -5.23. The average molecular weight is 353 g/mol. The van der Waals surface area contributed by atoms with Crippen molar-refractivity contribution in [1.82, 2.24) is 14.1 Å². The zero-order valence-corrected chi connectivity index (χ0v) is 13.0. The number of alkyl halides is 3. The van der Waals surface area contributed by atoms with Gasteiger partial charge >= 0.3 is 15.5 Å². The van der Waals surface area contributed by atoms with Crippen LogP contribution in [-0.4, -0.2) is 35.6 Å². The number of hydrogen-bond donors (Lipinski definition) is 1. The maximum Gasteiger partial charge on any atom is 0.511 e. The van der Waals surface area contributed by atoms with Gasteiger partial charge in [0.05, 0.1) is 5.03 Å². The summed E-state index contributed by atoms with van der Waals surface area (Å²) in [6, 6.07) is 5.67. The summed E-state index contributed by atoms with van der Waals surface area (Å²) in [5, 5.41) is 0.978. The van der Waals surface area contributed by atoms with Gasteiger partial charge in [-0.05, 0) is 30.7 Å². The van der Waals surface area contributed by atoms with Crippen LogP contribution in [0.3, 0.4) is 0 Å². The number of nitrogens with zero attached hydrogens (tertiary/aromatic N) is 2. The maximum atomic E-state index is 12.1. The van der Waals surface area contributed by atoms with Crippen LogP contribution in [0, 0.1) is 0 Å². The summed E-state index contributed by atoms with van der Waals surface area (Å²) >= 11 is 1.54. The Balaban J connectivity index is 1.73. The Bertz CT molecular complexity index is 729. The topological polar surface area (TPSA) is 63.5 Å². The van der Waals surface area contributed by atoms with Crippen LogP contribution in [0.15, 0.2) is 35.6 Å². The fourth-order valence-electron chi connectivity index (χ4n) is 1.73. The number of halogens is 3. The summed E-state index contributed by atoms with van der Waals surface area (Å²) in [5.41, 5.74) is -4.43. The van der Waals surface area contributed by atoms with Gasteiger partial charge in [0.25, 0.3) is 0 Å². The highest BCUT2D eigenvalue weighted by Crippen LogP contribution is 2.22. The Kier molecular flexibility index (Phi) is 5.35. The minimum Gasteiger partial charge on any atom is -0.294 e. The normalized spacial score (nSPS) is 12.9. The predicted octanol–water partition coefficient (Wildman–Crippen LogP) is 2.65. The van der Waals surface area contributed by atoms with Crippen molar-refractivity contribution in [3.05, 3.63) is 30.6 Å². The van der Waals surface area contributed by atoms with Gasteiger partial charge in [0.1, 0.15) is 5.65 Å². The number of aromatic nitrogens is 2. The van der Waals surface area contributed by atoms with Gasteiger partial charge < -0.3 is 0 Å². The molecule has 0 aromatic carbocycles. The summed E-state index contributed by atoms with van der Waals surface area (Å²) < 4.78 is 61.3. The van der Waals surface area contributed by atoms with Crippen molar-refractivity contribution in [3.63, 3.8) is 0 Å². The van der Waals surface area contributed by atoms with Crippen LogP contribution in [0.25, 0.3) is 5.65 Å². The highest BCUT2D eigenvalue weighted by Gasteiger charge is 2.45. The SMILES string of the molecule is O=S(=O)(NCCCCSc1cccc2nccn12)C(F)(F)F. The van der Waals surface area contributed by atoms with Crippen molar-refractivity contribution in [1.29, 1.82) is 0 Å². The highest BCUT2D eigenvalue weighted by molar-refractivity contribution is 7.99. The molecule has 2 heterocycles. The minimum absolute atomic E-state index is 0.225. The first-order valence-electron chi connectivity index (χ1n) is 6.42. The van der Waals surface area contributed by atoms with Gasteiger partial charge in [0.15, 0.2) is 0 Å². The van der Waals surface area contributed by atoms with Crippen LogP contribution in [0.4, 0.5) is 13.2 Å². The van der Waals surface area contributed by atoms with Crippen LogP contribution < -0.4 is 4.72 Å². The number of thioether (sulfide) groups is 1. The maximum absolute atomic E-state index is 12.1. The van der Waals surface area contributed by atoms with Gasteiger partial charge in [-0.1, -0.05) is 6.07 Å². The lowest BCUT2D eigenvalue weighted by molar-refractivity contribution is -0.0447. The van der Waals surface area contributed by atoms with Crippen molar-refractivity contribution in [3.8, 4) is 0 Å². The van der Waals surface area contributed by atoms with Gasteiger partial charge in [-0.3, -0.25) is 4.40 Å². The van der Waals surface area contributed by atoms with E-state index < -0.39 is 15.5 Å². The molecule has 0 bridgehead atoms. The van der Waals surface area contributed by atoms with Gasteiger partial charge in [-0.25, -0.2) is 18.1 Å². The molecule has 1 N–H and O–H groups in total. The first-order chi connectivity index (χ1) is 10.3. The molecule has 0 saturated carbocycles. The number of pyridine rings is 1. The molecule has 122 valence electrons. The number of imidazole rings is 1. The molecule has 2 aromatic heterocycles. The number of rotatable bonds is 7. The fourth-order valence-corrected chi connectivity index (χ4v) is 3.33. The molecule has 10 heteroatoms. The van der Waals surface area contributed by atoms with Crippen LogP contribution >= 0.6 is 11.8 Å². The second-order valence-corrected chi connectivity index (χ2v) is 7.29. The molecule has 0 unspecified atom stereocenters. The van der Waals surface area contributed by atoms with E-state index in [4.69, 9.17) is 0 Å². The Morgan fingerprint density at radius 3 is 2.77 bits per heavy atom. The van der Waals surface area contributed by atoms with E-state index in [2.05, 4.69) is 4.98 Å². The molecule has 0 saturated heterocycles. The molecule has 0 spiro atoms. The van der Waals surface area contributed by atoms with Crippen LogP contribution in [-0.2, 0) is 10.0 Å². The highest BCUT2D eigenvalue weighted by atomic mass is 32.2. The number of nitrogens with one attached hydrogen (secondary N) is 1. The molecule has 5 nitrogen and oxygen atoms in total. The molecular formula is C12H14F3N3O2S2. The molecule has 0 aliphatic heterocycles. The third-order valence-corrected chi connectivity index (χ3v) is 5.12. The van der Waals surface area contributed by atoms with Crippen molar-refractivity contribution in [2.75, 3.05) is 12.3 Å². The van der Waals surface area contributed by atoms with E-state index in [1.54, 1.807) is 22.7 Å². The molecule has 0 radical (unpaired) electrons. The largest absolute Gasteiger partial charge is 0.511 e. The van der Waals surface area contributed by atoms with E-state index in [9.17, 15) is 21.6 Å². The van der Waals surface area contributed by atoms with Crippen molar-refractivity contribution in [2.45, 2.75) is 23.4 Å². The van der Waals surface area contributed by atoms with Gasteiger partial charge in [-0.15, -0.1) is 11.8 Å². The quantitative estimate of drug-likeness (QED) is 0.614. The lowest BCUT2D eigenvalue weighted by atomic mass is 10.3. The number of hydrogen-bond acceptors (Lipinski definition) is 4. The Labute approximate surface area is 130 Å². The van der Waals surface area contributed by atoms with Crippen molar-refractivity contribution >= 4 is 27.4 Å². The molecule has 0 amide bonds. The Morgan fingerprint density at radius 1 is 1.27 bits per heavy atom. The monoisotopic (exact) mass is 353 g/mol. The Morgan fingerprint density at radius 2 is 2.05 bits per heavy atom. The van der Waals surface area contributed by atoms with Crippen LogP contribution in [0.2, 0.25) is 0 Å². The smallest absolute Gasteiger partial charge is 0.294 e. The first-order valence-corrected chi connectivity index (χ1v) is 8.89. The summed E-state index contributed by atoms with van der Waals surface area (Å²) in [4.78, 5) is 4.15. The van der Waals surface area contributed by atoms with E-state index in [-0.39, 0.29) is 6.54 Å². The summed E-state index contributed by atoms with van der Waals surface area (Å²) in [6.45, 7) is -0.225. The van der Waals surface area contributed by atoms with E-state index in [0.29, 0.717) is 18.6 Å². The van der Waals surface area contributed by atoms with Gasteiger partial charge in [0, 0.05) is 18.9 Å². The standard InChI is InChI=1S/C12H14F3N3O2S2/c13-12(14,15)22(19,20)17-6-1-2-9-21-11-5-3-4-10-16-7-8-18(10)11/h3-5,7-8,17H,1-2,6,9H2. The molecule has 2 rings (SSSR count). The molecule has 2 aromatic rings. The molecule has 22 heavy (non-hydrogen) atoms. The molecular weight excluding hydrogens is 339 g/mol. The molecule has 0 fully saturated rings. The summed E-state index contributed by atoms with van der Waals surface area (Å²) in [5.74, 6) is 0.672. The van der Waals surface area contributed by atoms with E-state index >= 15 is 0 Å². The molecule has 0 atom stereocenters. The number of fused-ring (bicyclic) bond motifs is 1. The van der Waals surface area contributed by atoms with Gasteiger partial charge in [-0.2, -0.15) is 13.2 Å². The number of unbranched alkanes of at least 4 members (excludes halogenated alkanes) is 1. The second-order valence-electron chi connectivity index (χ2n) is 4.42. The zero-order chi connectivity index (χ0) is 16.2. The van der Waals surface area contributed by atoms with E-state index in [1.165, 1.54) is 0 Å².